The number of aromatic nitrogens is 2. The molecule has 0 atom stereocenters. The van der Waals surface area contributed by atoms with Gasteiger partial charge in [-0.15, -0.1) is 0 Å². The zero-order chi connectivity index (χ0) is 15.7. The zero-order valence-corrected chi connectivity index (χ0v) is 13.5. The predicted molar refractivity (Wildman–Crippen MR) is 83.4 cm³/mol. The second-order valence-corrected chi connectivity index (χ2v) is 7.65. The number of halogens is 1. The Hall–Kier alpha value is -1.15. The molecule has 8 heteroatoms. The summed E-state index contributed by atoms with van der Waals surface area (Å²) in [4.78, 5) is 4.07. The Morgan fingerprint density at radius 1 is 1.32 bits per heavy atom. The molecule has 2 heterocycles. The molecule has 1 fully saturated rings. The molecule has 1 aliphatic rings. The summed E-state index contributed by atoms with van der Waals surface area (Å²) < 4.78 is 29.5. The molecule has 120 valence electrons. The Morgan fingerprint density at radius 2 is 2.05 bits per heavy atom. The fourth-order valence-electron chi connectivity index (χ4n) is 2.92. The van der Waals surface area contributed by atoms with E-state index in [1.807, 2.05) is 0 Å². The summed E-state index contributed by atoms with van der Waals surface area (Å²) in [5.74, 6) is 0.278. The Morgan fingerprint density at radius 3 is 2.73 bits per heavy atom. The van der Waals surface area contributed by atoms with Crippen LogP contribution in [0.2, 0.25) is 5.15 Å². The number of hydrogen-bond donors (Lipinski definition) is 2. The van der Waals surface area contributed by atoms with Crippen LogP contribution in [-0.4, -0.2) is 35.6 Å². The van der Waals surface area contributed by atoms with Gasteiger partial charge < -0.3 is 5.11 Å². The standard InChI is InChI=1S/C14H18ClN3O3S/c15-13-14(18-8-2-1-3-12(18)16-13)22(20,21)17-11-6-4-10(9-19)5-7-11/h1-3,8,10-11,17,19H,4-7,9H2. The van der Waals surface area contributed by atoms with E-state index in [0.717, 1.165) is 25.7 Å². The summed E-state index contributed by atoms with van der Waals surface area (Å²) in [5, 5.41) is 9.10. The van der Waals surface area contributed by atoms with Crippen molar-refractivity contribution < 1.29 is 13.5 Å². The second-order valence-electron chi connectivity index (χ2n) is 5.66. The first-order valence-corrected chi connectivity index (χ1v) is 9.13. The third-order valence-electron chi connectivity index (χ3n) is 4.13. The van der Waals surface area contributed by atoms with Crippen molar-refractivity contribution in [1.29, 1.82) is 0 Å². The molecule has 0 unspecified atom stereocenters. The molecule has 0 spiro atoms. The Labute approximate surface area is 134 Å². The normalized spacial score (nSPS) is 23.0. The third kappa shape index (κ3) is 2.99. The van der Waals surface area contributed by atoms with Crippen LogP contribution in [0.1, 0.15) is 25.7 Å². The minimum Gasteiger partial charge on any atom is -0.396 e. The van der Waals surface area contributed by atoms with Gasteiger partial charge in [-0.05, 0) is 43.7 Å². The quantitative estimate of drug-likeness (QED) is 0.887. The summed E-state index contributed by atoms with van der Waals surface area (Å²) in [7, 11) is -3.74. The maximum absolute atomic E-state index is 12.6. The highest BCUT2D eigenvalue weighted by atomic mass is 35.5. The molecule has 0 aromatic carbocycles. The van der Waals surface area contributed by atoms with E-state index in [0.29, 0.717) is 5.65 Å². The minimum absolute atomic E-state index is 0.0194. The number of nitrogens with zero attached hydrogens (tertiary/aromatic N) is 2. The fraction of sp³-hybridized carbons (Fsp3) is 0.500. The van der Waals surface area contributed by atoms with Crippen LogP contribution in [0.4, 0.5) is 0 Å². The van der Waals surface area contributed by atoms with Crippen molar-refractivity contribution in [3.63, 3.8) is 0 Å². The lowest BCUT2D eigenvalue weighted by Crippen LogP contribution is -2.38. The molecular weight excluding hydrogens is 326 g/mol. The lowest BCUT2D eigenvalue weighted by Gasteiger charge is -2.27. The average Bonchev–Trinajstić information content (AvgIpc) is 2.84. The van der Waals surface area contributed by atoms with Crippen molar-refractivity contribution in [2.24, 2.45) is 5.92 Å². The van der Waals surface area contributed by atoms with Gasteiger partial charge in [0.2, 0.25) is 0 Å². The van der Waals surface area contributed by atoms with Gasteiger partial charge in [-0.2, -0.15) is 0 Å². The van der Waals surface area contributed by atoms with Crippen LogP contribution in [0, 0.1) is 5.92 Å². The highest BCUT2D eigenvalue weighted by Crippen LogP contribution is 2.27. The number of nitrogens with one attached hydrogen (secondary N) is 1. The first-order chi connectivity index (χ1) is 10.5. The fourth-order valence-corrected chi connectivity index (χ4v) is 4.87. The number of pyridine rings is 1. The van der Waals surface area contributed by atoms with Crippen LogP contribution in [0.5, 0.6) is 0 Å². The molecule has 1 saturated carbocycles. The van der Waals surface area contributed by atoms with Crippen LogP contribution in [0.3, 0.4) is 0 Å². The van der Waals surface area contributed by atoms with Crippen molar-refractivity contribution in [3.05, 3.63) is 29.5 Å². The SMILES string of the molecule is O=S(=O)(NC1CCC(CO)CC1)c1c(Cl)nc2ccccn12. The van der Waals surface area contributed by atoms with Gasteiger partial charge in [0.1, 0.15) is 5.65 Å². The molecule has 0 radical (unpaired) electrons. The highest BCUT2D eigenvalue weighted by molar-refractivity contribution is 7.89. The minimum atomic E-state index is -3.74. The molecule has 22 heavy (non-hydrogen) atoms. The van der Waals surface area contributed by atoms with E-state index in [9.17, 15) is 8.42 Å². The second kappa shape index (κ2) is 6.16. The van der Waals surface area contributed by atoms with E-state index in [2.05, 4.69) is 9.71 Å². The van der Waals surface area contributed by atoms with Gasteiger partial charge in [-0.1, -0.05) is 17.7 Å². The summed E-state index contributed by atoms with van der Waals surface area (Å²) in [6.07, 6.45) is 4.72. The molecular formula is C14H18ClN3O3S. The highest BCUT2D eigenvalue weighted by Gasteiger charge is 2.29. The van der Waals surface area contributed by atoms with E-state index in [4.69, 9.17) is 16.7 Å². The summed E-state index contributed by atoms with van der Waals surface area (Å²) in [5.41, 5.74) is 0.497. The summed E-state index contributed by atoms with van der Waals surface area (Å²) in [6.45, 7) is 0.165. The number of aliphatic hydroxyl groups excluding tert-OH is 1. The lowest BCUT2D eigenvalue weighted by atomic mass is 9.87. The number of hydrogen-bond acceptors (Lipinski definition) is 4. The Balaban J connectivity index is 1.85. The van der Waals surface area contributed by atoms with Gasteiger partial charge in [0.25, 0.3) is 10.0 Å². The molecule has 0 bridgehead atoms. The van der Waals surface area contributed by atoms with Gasteiger partial charge in [0.15, 0.2) is 10.2 Å². The zero-order valence-electron chi connectivity index (χ0n) is 11.9. The number of aliphatic hydroxyl groups is 1. The molecule has 0 aliphatic heterocycles. The van der Waals surface area contributed by atoms with Gasteiger partial charge >= 0.3 is 0 Å². The van der Waals surface area contributed by atoms with Crippen molar-refractivity contribution >= 4 is 27.3 Å². The summed E-state index contributed by atoms with van der Waals surface area (Å²) >= 11 is 6.03. The molecule has 2 aromatic heterocycles. The Bertz CT molecular complexity index is 767. The van der Waals surface area contributed by atoms with E-state index >= 15 is 0 Å². The molecule has 1 aliphatic carbocycles. The van der Waals surface area contributed by atoms with Crippen molar-refractivity contribution in [2.45, 2.75) is 36.8 Å². The Kier molecular flexibility index (Phi) is 4.40. The topological polar surface area (TPSA) is 83.7 Å². The summed E-state index contributed by atoms with van der Waals surface area (Å²) in [6, 6.07) is 5.09. The van der Waals surface area contributed by atoms with Gasteiger partial charge in [-0.3, -0.25) is 4.40 Å². The van der Waals surface area contributed by atoms with Crippen LogP contribution >= 0.6 is 11.6 Å². The molecule has 6 nitrogen and oxygen atoms in total. The first-order valence-electron chi connectivity index (χ1n) is 7.27. The van der Waals surface area contributed by atoms with Crippen LogP contribution in [0.15, 0.2) is 29.4 Å². The van der Waals surface area contributed by atoms with Crippen LogP contribution < -0.4 is 4.72 Å². The van der Waals surface area contributed by atoms with Crippen molar-refractivity contribution in [2.75, 3.05) is 6.61 Å². The monoisotopic (exact) mass is 343 g/mol. The van der Waals surface area contributed by atoms with E-state index < -0.39 is 10.0 Å². The van der Waals surface area contributed by atoms with Crippen molar-refractivity contribution in [3.8, 4) is 0 Å². The molecule has 3 rings (SSSR count). The smallest absolute Gasteiger partial charge is 0.260 e. The van der Waals surface area contributed by atoms with E-state index in [1.165, 1.54) is 4.40 Å². The maximum atomic E-state index is 12.6. The molecule has 0 amide bonds. The van der Waals surface area contributed by atoms with Crippen LogP contribution in [-0.2, 0) is 10.0 Å². The number of rotatable bonds is 4. The number of sulfonamides is 1. The van der Waals surface area contributed by atoms with Gasteiger partial charge in [0.05, 0.1) is 0 Å². The largest absolute Gasteiger partial charge is 0.396 e. The van der Waals surface area contributed by atoms with Crippen LogP contribution in [0.25, 0.3) is 5.65 Å². The lowest BCUT2D eigenvalue weighted by molar-refractivity contribution is 0.180. The molecule has 2 N–H and O–H groups in total. The van der Waals surface area contributed by atoms with Crippen molar-refractivity contribution in [1.82, 2.24) is 14.1 Å². The van der Waals surface area contributed by atoms with Gasteiger partial charge in [0, 0.05) is 18.8 Å². The van der Waals surface area contributed by atoms with E-state index in [-0.39, 0.29) is 28.7 Å². The first kappa shape index (κ1) is 15.7. The average molecular weight is 344 g/mol. The number of imidazole rings is 1. The molecule has 0 saturated heterocycles. The number of fused-ring (bicyclic) bond motifs is 1. The molecule has 2 aromatic rings. The van der Waals surface area contributed by atoms with Gasteiger partial charge in [-0.25, -0.2) is 18.1 Å². The predicted octanol–water partition coefficient (Wildman–Crippen LogP) is 1.82. The third-order valence-corrected chi connectivity index (χ3v) is 6.05. The maximum Gasteiger partial charge on any atom is 0.260 e. The van der Waals surface area contributed by atoms with E-state index in [1.54, 1.807) is 24.4 Å².